The first-order valence-electron chi connectivity index (χ1n) is 15.4. The molecule has 17 heteroatoms. The predicted molar refractivity (Wildman–Crippen MR) is 171 cm³/mol. The Hall–Kier alpha value is -4.67. The molecule has 4 rings (SSSR count). The summed E-state index contributed by atoms with van der Waals surface area (Å²) in [4.78, 5) is 45.6. The number of amides is 2. The Morgan fingerprint density at radius 3 is 1.55 bits per heavy atom. The molecule has 49 heavy (non-hydrogen) atoms. The maximum Gasteiger partial charge on any atom is 0.410 e. The summed E-state index contributed by atoms with van der Waals surface area (Å²) in [6.45, 7) is 11.0. The van der Waals surface area contributed by atoms with Gasteiger partial charge in [0.1, 0.15) is 35.0 Å². The summed E-state index contributed by atoms with van der Waals surface area (Å²) >= 11 is 0. The second kappa shape index (κ2) is 17.6. The molecule has 0 spiro atoms. The van der Waals surface area contributed by atoms with Crippen molar-refractivity contribution in [3.8, 4) is 5.75 Å². The summed E-state index contributed by atoms with van der Waals surface area (Å²) in [5, 5.41) is 29.8. The van der Waals surface area contributed by atoms with E-state index in [0.717, 1.165) is 24.3 Å². The van der Waals surface area contributed by atoms with E-state index >= 15 is 0 Å². The lowest BCUT2D eigenvalue weighted by molar-refractivity contribution is -0.385. The first-order chi connectivity index (χ1) is 22.6. The minimum absolute atomic E-state index is 0.0566. The van der Waals surface area contributed by atoms with Crippen molar-refractivity contribution in [2.24, 2.45) is 0 Å². The molecule has 2 saturated heterocycles. The van der Waals surface area contributed by atoms with Crippen LogP contribution in [-0.2, 0) is 9.47 Å². The van der Waals surface area contributed by atoms with Crippen LogP contribution in [0.25, 0.3) is 0 Å². The summed E-state index contributed by atoms with van der Waals surface area (Å²) in [5.74, 6) is -0.107. The van der Waals surface area contributed by atoms with Gasteiger partial charge in [0, 0.05) is 43.8 Å². The summed E-state index contributed by atoms with van der Waals surface area (Å²) < 4.78 is 55.4. The first-order valence-corrected chi connectivity index (χ1v) is 15.4. The van der Waals surface area contributed by atoms with Crippen molar-refractivity contribution in [3.63, 3.8) is 0 Å². The molecule has 2 heterocycles. The summed E-state index contributed by atoms with van der Waals surface area (Å²) in [6.07, 6.45) is -4.87. The number of nitro groups is 2. The Morgan fingerprint density at radius 1 is 0.755 bits per heavy atom. The number of aliphatic hydroxyl groups excluding tert-OH is 1. The second-order valence-corrected chi connectivity index (χ2v) is 13.2. The highest BCUT2D eigenvalue weighted by Gasteiger charge is 2.35. The van der Waals surface area contributed by atoms with Crippen molar-refractivity contribution in [2.75, 3.05) is 26.2 Å². The van der Waals surface area contributed by atoms with Gasteiger partial charge >= 0.3 is 12.2 Å². The number of aliphatic hydroxyl groups is 1. The van der Waals surface area contributed by atoms with Crippen molar-refractivity contribution in [1.82, 2.24) is 9.80 Å². The van der Waals surface area contributed by atoms with E-state index in [-0.39, 0.29) is 30.9 Å². The number of alkyl halides is 2. The molecule has 2 aromatic carbocycles. The lowest BCUT2D eigenvalue weighted by Crippen LogP contribution is -2.50. The summed E-state index contributed by atoms with van der Waals surface area (Å²) in [5.41, 5.74) is -1.35. The lowest BCUT2D eigenvalue weighted by Gasteiger charge is -2.35. The Morgan fingerprint density at radius 2 is 1.16 bits per heavy atom. The van der Waals surface area contributed by atoms with Crippen molar-refractivity contribution in [3.05, 3.63) is 74.6 Å². The second-order valence-electron chi connectivity index (χ2n) is 13.2. The van der Waals surface area contributed by atoms with Crippen molar-refractivity contribution < 1.29 is 51.9 Å². The van der Waals surface area contributed by atoms with Crippen molar-refractivity contribution in [2.45, 2.75) is 90.1 Å². The van der Waals surface area contributed by atoms with E-state index in [1.54, 1.807) is 41.5 Å². The van der Waals surface area contributed by atoms with Crippen LogP contribution >= 0.6 is 0 Å². The van der Waals surface area contributed by atoms with Gasteiger partial charge in [0.2, 0.25) is 0 Å². The number of non-ortho nitro benzene ring substituents is 2. The molecule has 2 amide bonds. The monoisotopic (exact) mass is 700 g/mol. The number of carbonyl (C=O) groups excluding carboxylic acids is 2. The summed E-state index contributed by atoms with van der Waals surface area (Å²) in [7, 11) is 0. The molecule has 0 bridgehead atoms. The number of halogens is 3. The smallest absolute Gasteiger partial charge is 0.410 e. The van der Waals surface area contributed by atoms with E-state index in [9.17, 15) is 43.0 Å². The number of nitrogens with zero attached hydrogens (tertiary/aromatic N) is 4. The molecular formula is C32H43F3N4O10. The Labute approximate surface area is 282 Å². The molecule has 0 aromatic heterocycles. The van der Waals surface area contributed by atoms with Crippen LogP contribution in [0.4, 0.5) is 34.1 Å². The fraction of sp³-hybridized carbons (Fsp3) is 0.562. The van der Waals surface area contributed by atoms with Crippen LogP contribution in [0.1, 0.15) is 54.4 Å². The SMILES string of the molecule is CC(C)(C)OC(=O)N1CCC(O)C(F)C1.CC(C)(C)OC(=O)N1CCC(Oc2ccc([N+](=O)[O-])cc2)C(F)C1.O=[N+]([O-])c1ccc(F)cc1. The number of carbonyl (C=O) groups is 2. The minimum Gasteiger partial charge on any atom is -0.487 e. The van der Waals surface area contributed by atoms with E-state index in [0.29, 0.717) is 25.3 Å². The van der Waals surface area contributed by atoms with Gasteiger partial charge in [0.05, 0.1) is 29.0 Å². The molecule has 0 radical (unpaired) electrons. The van der Waals surface area contributed by atoms with Crippen LogP contribution in [0.2, 0.25) is 0 Å². The minimum atomic E-state index is -1.37. The van der Waals surface area contributed by atoms with E-state index < -0.39 is 63.6 Å². The molecule has 2 fully saturated rings. The van der Waals surface area contributed by atoms with E-state index in [2.05, 4.69) is 0 Å². The molecule has 4 atom stereocenters. The molecule has 2 aliphatic rings. The fourth-order valence-corrected chi connectivity index (χ4v) is 4.28. The highest BCUT2D eigenvalue weighted by Crippen LogP contribution is 2.24. The van der Waals surface area contributed by atoms with Crippen LogP contribution in [0.15, 0.2) is 48.5 Å². The zero-order valence-corrected chi connectivity index (χ0v) is 28.2. The van der Waals surface area contributed by atoms with Gasteiger partial charge in [-0.25, -0.2) is 22.8 Å². The molecule has 2 aliphatic heterocycles. The van der Waals surface area contributed by atoms with Gasteiger partial charge in [0.15, 0.2) is 6.17 Å². The topological polar surface area (TPSA) is 175 Å². The van der Waals surface area contributed by atoms with Crippen LogP contribution in [0.3, 0.4) is 0 Å². The zero-order valence-electron chi connectivity index (χ0n) is 28.2. The van der Waals surface area contributed by atoms with Gasteiger partial charge in [0.25, 0.3) is 11.4 Å². The lowest BCUT2D eigenvalue weighted by atomic mass is 10.1. The number of hydrogen-bond acceptors (Lipinski definition) is 10. The number of nitro benzene ring substituents is 2. The summed E-state index contributed by atoms with van der Waals surface area (Å²) in [6, 6.07) is 9.83. The molecule has 0 aliphatic carbocycles. The van der Waals surface area contributed by atoms with Gasteiger partial charge in [-0.3, -0.25) is 20.2 Å². The van der Waals surface area contributed by atoms with E-state index in [1.165, 1.54) is 34.1 Å². The largest absolute Gasteiger partial charge is 0.487 e. The average molecular weight is 701 g/mol. The third-order valence-corrected chi connectivity index (χ3v) is 6.66. The Kier molecular flexibility index (Phi) is 14.6. The Bertz CT molecular complexity index is 1400. The Balaban J connectivity index is 0.000000283. The maximum absolute atomic E-state index is 14.3. The third kappa shape index (κ3) is 14.5. The number of hydrogen-bond donors (Lipinski definition) is 1. The van der Waals surface area contributed by atoms with E-state index in [4.69, 9.17) is 19.3 Å². The van der Waals surface area contributed by atoms with Crippen LogP contribution < -0.4 is 4.74 Å². The van der Waals surface area contributed by atoms with Gasteiger partial charge in [-0.05, 0) is 72.2 Å². The zero-order chi connectivity index (χ0) is 37.1. The maximum atomic E-state index is 14.3. The van der Waals surface area contributed by atoms with Gasteiger partial charge in [-0.1, -0.05) is 0 Å². The third-order valence-electron chi connectivity index (χ3n) is 6.66. The van der Waals surface area contributed by atoms with Gasteiger partial charge in [-0.2, -0.15) is 0 Å². The van der Waals surface area contributed by atoms with Crippen LogP contribution in [0, 0.1) is 26.0 Å². The first kappa shape index (κ1) is 40.5. The van der Waals surface area contributed by atoms with Gasteiger partial charge in [-0.15, -0.1) is 0 Å². The molecule has 14 nitrogen and oxygen atoms in total. The number of rotatable bonds is 4. The predicted octanol–water partition coefficient (Wildman–Crippen LogP) is 6.38. The molecular weight excluding hydrogens is 657 g/mol. The van der Waals surface area contributed by atoms with Crippen molar-refractivity contribution >= 4 is 23.6 Å². The molecule has 4 unspecified atom stereocenters. The molecule has 1 N–H and O–H groups in total. The molecule has 0 saturated carbocycles. The van der Waals surface area contributed by atoms with Crippen LogP contribution in [0.5, 0.6) is 5.75 Å². The van der Waals surface area contributed by atoms with Crippen LogP contribution in [-0.4, -0.2) is 98.9 Å². The standard InChI is InChI=1S/C16H21FN2O5.C10H18FNO3.C6H4FNO2/c1-16(2,3)24-15(20)18-9-8-14(13(17)10-18)23-12-6-4-11(5-7-12)19(21)22;1-10(2,3)15-9(14)12-5-4-8(13)7(11)6-12;7-5-1-3-6(4-2-5)8(9)10/h4-7,13-14H,8-10H2,1-3H3;7-8,13H,4-6H2,1-3H3;1-4H. The normalized spacial score (nSPS) is 20.8. The number of piperidine rings is 2. The quantitative estimate of drug-likeness (QED) is 0.278. The fourth-order valence-electron chi connectivity index (χ4n) is 4.28. The molecule has 2 aromatic rings. The van der Waals surface area contributed by atoms with Crippen molar-refractivity contribution in [1.29, 1.82) is 0 Å². The average Bonchev–Trinajstić information content (AvgIpc) is 2.99. The van der Waals surface area contributed by atoms with Gasteiger partial charge < -0.3 is 29.1 Å². The molecule has 272 valence electrons. The number of likely N-dealkylation sites (tertiary alicyclic amines) is 2. The highest BCUT2D eigenvalue weighted by atomic mass is 19.1. The number of benzene rings is 2. The number of ether oxygens (including phenoxy) is 3. The highest BCUT2D eigenvalue weighted by molar-refractivity contribution is 5.68. The van der Waals surface area contributed by atoms with E-state index in [1.807, 2.05) is 0 Å².